The molecule has 1 aliphatic rings. The fraction of sp³-hybridized carbons (Fsp3) is 0.600. The second-order valence-electron chi connectivity index (χ2n) is 5.25. The molecule has 2 rings (SSSR count). The minimum Gasteiger partial charge on any atom is -0.314 e. The Hall–Kier alpha value is -0.570. The van der Waals surface area contributed by atoms with E-state index < -0.39 is 0 Å². The van der Waals surface area contributed by atoms with Crippen molar-refractivity contribution in [3.05, 3.63) is 34.9 Å². The highest BCUT2D eigenvalue weighted by molar-refractivity contribution is 6.30. The van der Waals surface area contributed by atoms with Crippen molar-refractivity contribution >= 4 is 11.6 Å². The largest absolute Gasteiger partial charge is 0.314 e. The van der Waals surface area contributed by atoms with Crippen LogP contribution in [0.2, 0.25) is 5.02 Å². The van der Waals surface area contributed by atoms with E-state index in [9.17, 15) is 0 Å². The van der Waals surface area contributed by atoms with Crippen LogP contribution in [0.3, 0.4) is 0 Å². The molecule has 1 N–H and O–H groups in total. The summed E-state index contributed by atoms with van der Waals surface area (Å²) in [7, 11) is 0. The minimum absolute atomic E-state index is 0.652. The number of halogens is 1. The zero-order valence-corrected chi connectivity index (χ0v) is 12.1. The van der Waals surface area contributed by atoms with Gasteiger partial charge in [-0.15, -0.1) is 0 Å². The topological polar surface area (TPSA) is 15.3 Å². The minimum atomic E-state index is 0.652. The van der Waals surface area contributed by atoms with Gasteiger partial charge in [0, 0.05) is 37.2 Å². The number of nitrogens with zero attached hydrogens (tertiary/aromatic N) is 1. The molecule has 0 radical (unpaired) electrons. The Labute approximate surface area is 115 Å². The summed E-state index contributed by atoms with van der Waals surface area (Å²) in [6.07, 6.45) is 1.24. The van der Waals surface area contributed by atoms with E-state index >= 15 is 0 Å². The van der Waals surface area contributed by atoms with Gasteiger partial charge in [0.1, 0.15) is 0 Å². The smallest absolute Gasteiger partial charge is 0.0406 e. The molecule has 2 atom stereocenters. The Balaban J connectivity index is 2.03. The van der Waals surface area contributed by atoms with Crippen LogP contribution in [0.5, 0.6) is 0 Å². The third-order valence-corrected chi connectivity index (χ3v) is 4.25. The zero-order valence-electron chi connectivity index (χ0n) is 11.3. The van der Waals surface area contributed by atoms with Crippen LogP contribution < -0.4 is 5.32 Å². The summed E-state index contributed by atoms with van der Waals surface area (Å²) in [5.74, 6) is 0.741. The predicted molar refractivity (Wildman–Crippen MR) is 78.0 cm³/mol. The van der Waals surface area contributed by atoms with E-state index in [0.29, 0.717) is 6.04 Å². The summed E-state index contributed by atoms with van der Waals surface area (Å²) in [6.45, 7) is 9.01. The van der Waals surface area contributed by atoms with Gasteiger partial charge >= 0.3 is 0 Å². The molecule has 1 heterocycles. The lowest BCUT2D eigenvalue weighted by molar-refractivity contribution is 0.109. The second kappa shape index (κ2) is 6.55. The molecular weight excluding hydrogens is 244 g/mol. The van der Waals surface area contributed by atoms with E-state index in [-0.39, 0.29) is 0 Å². The molecule has 3 heteroatoms. The average molecular weight is 267 g/mol. The van der Waals surface area contributed by atoms with Crippen molar-refractivity contribution in [2.75, 3.05) is 19.6 Å². The van der Waals surface area contributed by atoms with Gasteiger partial charge in [-0.3, -0.25) is 4.90 Å². The van der Waals surface area contributed by atoms with Crippen molar-refractivity contribution in [1.82, 2.24) is 10.2 Å². The number of hydrogen-bond donors (Lipinski definition) is 1. The Bertz CT molecular complexity index is 363. The van der Waals surface area contributed by atoms with Crippen molar-refractivity contribution < 1.29 is 0 Å². The third-order valence-electron chi connectivity index (χ3n) is 4.00. The van der Waals surface area contributed by atoms with E-state index in [1.165, 1.54) is 12.0 Å². The van der Waals surface area contributed by atoms with Crippen LogP contribution in [0.1, 0.15) is 25.8 Å². The number of piperazine rings is 1. The summed E-state index contributed by atoms with van der Waals surface area (Å²) in [5, 5.41) is 4.33. The van der Waals surface area contributed by atoms with Crippen molar-refractivity contribution in [2.45, 2.75) is 32.9 Å². The molecule has 1 aromatic rings. The highest BCUT2D eigenvalue weighted by Crippen LogP contribution is 2.19. The highest BCUT2D eigenvalue weighted by Gasteiger charge is 2.25. The van der Waals surface area contributed by atoms with Gasteiger partial charge in [0.15, 0.2) is 0 Å². The first-order valence-corrected chi connectivity index (χ1v) is 7.27. The molecule has 18 heavy (non-hydrogen) atoms. The van der Waals surface area contributed by atoms with Gasteiger partial charge in [-0.05, 0) is 23.6 Å². The molecule has 2 unspecified atom stereocenters. The fourth-order valence-corrected chi connectivity index (χ4v) is 2.75. The first-order chi connectivity index (χ1) is 8.70. The lowest BCUT2D eigenvalue weighted by Crippen LogP contribution is -2.53. The lowest BCUT2D eigenvalue weighted by Gasteiger charge is -2.39. The molecule has 100 valence electrons. The van der Waals surface area contributed by atoms with Crippen LogP contribution >= 0.6 is 11.6 Å². The van der Waals surface area contributed by atoms with Crippen molar-refractivity contribution in [3.8, 4) is 0 Å². The zero-order chi connectivity index (χ0) is 13.0. The Kier molecular flexibility index (Phi) is 5.04. The molecule has 0 saturated carbocycles. The van der Waals surface area contributed by atoms with Crippen LogP contribution in [-0.4, -0.2) is 30.6 Å². The molecule has 0 spiro atoms. The van der Waals surface area contributed by atoms with Crippen LogP contribution in [0.25, 0.3) is 0 Å². The van der Waals surface area contributed by atoms with Crippen LogP contribution in [0, 0.1) is 5.92 Å². The van der Waals surface area contributed by atoms with Crippen LogP contribution in [-0.2, 0) is 6.54 Å². The maximum absolute atomic E-state index is 5.93. The van der Waals surface area contributed by atoms with Crippen LogP contribution in [0.4, 0.5) is 0 Å². The van der Waals surface area contributed by atoms with Crippen molar-refractivity contribution in [3.63, 3.8) is 0 Å². The summed E-state index contributed by atoms with van der Waals surface area (Å²) in [4.78, 5) is 2.61. The second-order valence-corrected chi connectivity index (χ2v) is 5.69. The Morgan fingerprint density at radius 1 is 1.39 bits per heavy atom. The lowest BCUT2D eigenvalue weighted by atomic mass is 9.95. The molecule has 1 aromatic carbocycles. The van der Waals surface area contributed by atoms with E-state index in [1.54, 1.807) is 0 Å². The quantitative estimate of drug-likeness (QED) is 0.901. The maximum Gasteiger partial charge on any atom is 0.0406 e. The molecule has 2 nitrogen and oxygen atoms in total. The number of nitrogens with one attached hydrogen (secondary N) is 1. The molecule has 0 bridgehead atoms. The van der Waals surface area contributed by atoms with Gasteiger partial charge in [-0.2, -0.15) is 0 Å². The van der Waals surface area contributed by atoms with Crippen LogP contribution in [0.15, 0.2) is 24.3 Å². The van der Waals surface area contributed by atoms with E-state index in [4.69, 9.17) is 11.6 Å². The van der Waals surface area contributed by atoms with Crippen molar-refractivity contribution in [1.29, 1.82) is 0 Å². The van der Waals surface area contributed by atoms with E-state index in [2.05, 4.69) is 36.2 Å². The summed E-state index contributed by atoms with van der Waals surface area (Å²) < 4.78 is 0. The summed E-state index contributed by atoms with van der Waals surface area (Å²) in [6, 6.07) is 8.89. The molecular formula is C15H23ClN2. The maximum atomic E-state index is 5.93. The normalized spacial score (nSPS) is 22.9. The summed E-state index contributed by atoms with van der Waals surface area (Å²) in [5.41, 5.74) is 1.36. The standard InChI is InChI=1S/C15H23ClN2/c1-3-12(2)15-10-17-8-9-18(15)11-13-4-6-14(16)7-5-13/h4-7,12,15,17H,3,8-11H2,1-2H3. The molecule has 0 amide bonds. The first kappa shape index (κ1) is 13.9. The van der Waals surface area contributed by atoms with Gasteiger partial charge in [-0.25, -0.2) is 0 Å². The SMILES string of the molecule is CCC(C)C1CNCCN1Cc1ccc(Cl)cc1. The number of benzene rings is 1. The highest BCUT2D eigenvalue weighted by atomic mass is 35.5. The molecule has 1 fully saturated rings. The van der Waals surface area contributed by atoms with E-state index in [0.717, 1.165) is 37.1 Å². The molecule has 1 saturated heterocycles. The van der Waals surface area contributed by atoms with Gasteiger partial charge in [0.2, 0.25) is 0 Å². The Morgan fingerprint density at radius 2 is 2.11 bits per heavy atom. The molecule has 0 aromatic heterocycles. The molecule has 1 aliphatic heterocycles. The van der Waals surface area contributed by atoms with Gasteiger partial charge < -0.3 is 5.32 Å². The number of rotatable bonds is 4. The fourth-order valence-electron chi connectivity index (χ4n) is 2.62. The monoisotopic (exact) mass is 266 g/mol. The summed E-state index contributed by atoms with van der Waals surface area (Å²) >= 11 is 5.93. The molecule has 0 aliphatic carbocycles. The third kappa shape index (κ3) is 3.47. The van der Waals surface area contributed by atoms with Gasteiger partial charge in [0.25, 0.3) is 0 Å². The average Bonchev–Trinajstić information content (AvgIpc) is 2.41. The van der Waals surface area contributed by atoms with E-state index in [1.807, 2.05) is 12.1 Å². The number of hydrogen-bond acceptors (Lipinski definition) is 2. The van der Waals surface area contributed by atoms with Crippen molar-refractivity contribution in [2.24, 2.45) is 5.92 Å². The predicted octanol–water partition coefficient (Wildman–Crippen LogP) is 3.16. The van der Waals surface area contributed by atoms with Gasteiger partial charge in [0.05, 0.1) is 0 Å². The first-order valence-electron chi connectivity index (χ1n) is 6.90. The Morgan fingerprint density at radius 3 is 2.78 bits per heavy atom. The van der Waals surface area contributed by atoms with Gasteiger partial charge in [-0.1, -0.05) is 44.0 Å².